The molecule has 1 fully saturated rings. The maximum Gasteiger partial charge on any atom is 0.110 e. The van der Waals surface area contributed by atoms with Gasteiger partial charge < -0.3 is 20.1 Å². The fourth-order valence-electron chi connectivity index (χ4n) is 4.03. The van der Waals surface area contributed by atoms with Gasteiger partial charge in [0.2, 0.25) is 0 Å². The van der Waals surface area contributed by atoms with E-state index in [-0.39, 0.29) is 6.61 Å². The highest BCUT2D eigenvalue weighted by molar-refractivity contribution is 5.07. The van der Waals surface area contributed by atoms with Crippen LogP contribution < -0.4 is 0 Å². The SMILES string of the molecule is CC1O[C@H](CO)[C@@H](O)[C@H](O)[C@H]1n1cc(CN(Cc2ccccn2)Cc2ccccn2)nn1. The summed E-state index contributed by atoms with van der Waals surface area (Å²) in [6.45, 7) is 3.11. The molecule has 1 saturated heterocycles. The average molecular weight is 441 g/mol. The highest BCUT2D eigenvalue weighted by Gasteiger charge is 2.43. The van der Waals surface area contributed by atoms with Crippen molar-refractivity contribution in [2.24, 2.45) is 0 Å². The van der Waals surface area contributed by atoms with Crippen LogP contribution in [0, 0.1) is 0 Å². The van der Waals surface area contributed by atoms with Crippen LogP contribution in [0.25, 0.3) is 0 Å². The Bertz CT molecular complexity index is 931. The molecule has 10 nitrogen and oxygen atoms in total. The lowest BCUT2D eigenvalue weighted by atomic mass is 9.94. The van der Waals surface area contributed by atoms with Gasteiger partial charge in [0.1, 0.15) is 24.4 Å². The molecule has 1 unspecified atom stereocenters. The van der Waals surface area contributed by atoms with E-state index < -0.39 is 30.5 Å². The number of aliphatic hydroxyl groups is 3. The highest BCUT2D eigenvalue weighted by atomic mass is 16.5. The van der Waals surface area contributed by atoms with Gasteiger partial charge in [-0.15, -0.1) is 5.10 Å². The summed E-state index contributed by atoms with van der Waals surface area (Å²) in [7, 11) is 0. The standard InChI is InChI=1S/C22H28N6O4/c1-15-20(22(31)21(30)19(14-29)32-15)28-13-18(25-26-28)12-27(10-16-6-2-4-8-23-16)11-17-7-3-5-9-24-17/h2-9,13,15,19-22,29-31H,10-12,14H2,1H3/t15?,19-,20+,21-,22-/m1/s1. The van der Waals surface area contributed by atoms with Gasteiger partial charge in [0, 0.05) is 32.0 Å². The van der Waals surface area contributed by atoms with Crippen molar-refractivity contribution in [2.75, 3.05) is 6.61 Å². The van der Waals surface area contributed by atoms with Gasteiger partial charge in [-0.2, -0.15) is 0 Å². The van der Waals surface area contributed by atoms with Crippen molar-refractivity contribution in [2.45, 2.75) is 57.0 Å². The average Bonchev–Trinajstić information content (AvgIpc) is 3.25. The van der Waals surface area contributed by atoms with Crippen LogP contribution in [0.4, 0.5) is 0 Å². The van der Waals surface area contributed by atoms with Crippen molar-refractivity contribution in [3.8, 4) is 0 Å². The third-order valence-corrected chi connectivity index (χ3v) is 5.60. The first kappa shape index (κ1) is 22.4. The van der Waals surface area contributed by atoms with E-state index in [9.17, 15) is 15.3 Å². The minimum absolute atomic E-state index is 0.367. The molecule has 0 bridgehead atoms. The molecule has 0 amide bonds. The highest BCUT2D eigenvalue weighted by Crippen LogP contribution is 2.29. The molecule has 1 aliphatic heterocycles. The summed E-state index contributed by atoms with van der Waals surface area (Å²) in [5.74, 6) is 0. The second-order valence-corrected chi connectivity index (χ2v) is 8.01. The van der Waals surface area contributed by atoms with Crippen LogP contribution in [0.5, 0.6) is 0 Å². The van der Waals surface area contributed by atoms with Gasteiger partial charge in [-0.05, 0) is 31.2 Å². The second kappa shape index (κ2) is 10.2. The Kier molecular flexibility index (Phi) is 7.18. The first-order chi connectivity index (χ1) is 15.5. The van der Waals surface area contributed by atoms with Crippen molar-refractivity contribution in [1.82, 2.24) is 29.9 Å². The molecule has 5 atom stereocenters. The monoisotopic (exact) mass is 440 g/mol. The Morgan fingerprint density at radius 1 is 0.938 bits per heavy atom. The topological polar surface area (TPSA) is 130 Å². The van der Waals surface area contributed by atoms with E-state index in [1.807, 2.05) is 36.4 Å². The zero-order valence-electron chi connectivity index (χ0n) is 17.8. The quantitative estimate of drug-likeness (QED) is 0.453. The number of hydrogen-bond donors (Lipinski definition) is 3. The van der Waals surface area contributed by atoms with E-state index in [2.05, 4.69) is 25.2 Å². The Balaban J connectivity index is 1.50. The summed E-state index contributed by atoms with van der Waals surface area (Å²) in [6, 6.07) is 11.0. The van der Waals surface area contributed by atoms with Gasteiger partial charge in [-0.3, -0.25) is 14.9 Å². The van der Waals surface area contributed by atoms with Gasteiger partial charge in [0.25, 0.3) is 0 Å². The van der Waals surface area contributed by atoms with Crippen molar-refractivity contribution in [3.05, 3.63) is 72.1 Å². The van der Waals surface area contributed by atoms with Crippen molar-refractivity contribution in [3.63, 3.8) is 0 Å². The molecular formula is C22H28N6O4. The van der Waals surface area contributed by atoms with Gasteiger partial charge in [-0.25, -0.2) is 4.68 Å². The predicted molar refractivity (Wildman–Crippen MR) is 114 cm³/mol. The zero-order chi connectivity index (χ0) is 22.5. The zero-order valence-corrected chi connectivity index (χ0v) is 17.8. The van der Waals surface area contributed by atoms with E-state index in [0.717, 1.165) is 11.4 Å². The largest absolute Gasteiger partial charge is 0.394 e. The third kappa shape index (κ3) is 5.17. The number of nitrogens with zero attached hydrogens (tertiary/aromatic N) is 6. The lowest BCUT2D eigenvalue weighted by Gasteiger charge is -2.40. The molecule has 0 aromatic carbocycles. The molecular weight excluding hydrogens is 412 g/mol. The number of pyridine rings is 2. The smallest absolute Gasteiger partial charge is 0.110 e. The molecule has 3 N–H and O–H groups in total. The molecule has 0 aliphatic carbocycles. The first-order valence-electron chi connectivity index (χ1n) is 10.6. The van der Waals surface area contributed by atoms with Crippen LogP contribution >= 0.6 is 0 Å². The lowest BCUT2D eigenvalue weighted by molar-refractivity contribution is -0.200. The molecule has 0 saturated carbocycles. The molecule has 4 heterocycles. The Hall–Kier alpha value is -2.76. The number of aliphatic hydroxyl groups excluding tert-OH is 3. The van der Waals surface area contributed by atoms with Gasteiger partial charge >= 0.3 is 0 Å². The van der Waals surface area contributed by atoms with Crippen molar-refractivity contribution >= 4 is 0 Å². The molecule has 3 aromatic rings. The molecule has 0 spiro atoms. The fourth-order valence-corrected chi connectivity index (χ4v) is 4.03. The van der Waals surface area contributed by atoms with Crippen LogP contribution in [0.3, 0.4) is 0 Å². The summed E-state index contributed by atoms with van der Waals surface area (Å²) < 4.78 is 7.19. The van der Waals surface area contributed by atoms with Crippen LogP contribution in [0.2, 0.25) is 0 Å². The Morgan fingerprint density at radius 2 is 1.56 bits per heavy atom. The first-order valence-corrected chi connectivity index (χ1v) is 10.6. The fraction of sp³-hybridized carbons (Fsp3) is 0.455. The van der Waals surface area contributed by atoms with E-state index in [4.69, 9.17) is 4.74 Å². The number of aromatic nitrogens is 5. The van der Waals surface area contributed by atoms with Crippen LogP contribution in [0.1, 0.15) is 30.0 Å². The van der Waals surface area contributed by atoms with Crippen molar-refractivity contribution < 1.29 is 20.1 Å². The van der Waals surface area contributed by atoms with Crippen molar-refractivity contribution in [1.29, 1.82) is 0 Å². The maximum absolute atomic E-state index is 10.6. The molecule has 10 heteroatoms. The summed E-state index contributed by atoms with van der Waals surface area (Å²) in [5, 5.41) is 38.7. The van der Waals surface area contributed by atoms with Gasteiger partial charge in [-0.1, -0.05) is 17.3 Å². The number of rotatable bonds is 8. The van der Waals surface area contributed by atoms with Crippen LogP contribution in [0.15, 0.2) is 55.0 Å². The predicted octanol–water partition coefficient (Wildman–Crippen LogP) is 0.313. The van der Waals surface area contributed by atoms with Crippen LogP contribution in [-0.2, 0) is 24.4 Å². The Morgan fingerprint density at radius 3 is 2.12 bits per heavy atom. The summed E-state index contributed by atoms with van der Waals surface area (Å²) in [5.41, 5.74) is 2.56. The molecule has 170 valence electrons. The Labute approximate surface area is 186 Å². The molecule has 1 aliphatic rings. The van der Waals surface area contributed by atoms with E-state index in [0.29, 0.717) is 25.3 Å². The maximum atomic E-state index is 10.6. The minimum Gasteiger partial charge on any atom is -0.394 e. The van der Waals surface area contributed by atoms with Gasteiger partial charge in [0.05, 0.1) is 36.0 Å². The van der Waals surface area contributed by atoms with E-state index in [1.165, 1.54) is 4.68 Å². The van der Waals surface area contributed by atoms with Crippen LogP contribution in [-0.4, -0.2) is 76.2 Å². The number of hydrogen-bond acceptors (Lipinski definition) is 9. The summed E-state index contributed by atoms with van der Waals surface area (Å²) >= 11 is 0. The second-order valence-electron chi connectivity index (χ2n) is 8.01. The molecule has 0 radical (unpaired) electrons. The third-order valence-electron chi connectivity index (χ3n) is 5.60. The van der Waals surface area contributed by atoms with Gasteiger partial charge in [0.15, 0.2) is 0 Å². The van der Waals surface area contributed by atoms with E-state index in [1.54, 1.807) is 25.5 Å². The lowest BCUT2D eigenvalue weighted by Crippen LogP contribution is -2.55. The number of ether oxygens (including phenoxy) is 1. The summed E-state index contributed by atoms with van der Waals surface area (Å²) in [6.07, 6.45) is 1.65. The molecule has 4 rings (SSSR count). The molecule has 3 aromatic heterocycles. The normalized spacial score (nSPS) is 25.8. The van der Waals surface area contributed by atoms with E-state index >= 15 is 0 Å². The summed E-state index contributed by atoms with van der Waals surface area (Å²) in [4.78, 5) is 11.0. The molecule has 32 heavy (non-hydrogen) atoms. The minimum atomic E-state index is -1.21.